The first-order valence-electron chi connectivity index (χ1n) is 7.20. The number of hydrogen-bond donors (Lipinski definition) is 3. The van der Waals surface area contributed by atoms with Crippen molar-refractivity contribution in [2.24, 2.45) is 5.92 Å². The maximum absolute atomic E-state index is 12.5. The fourth-order valence-corrected chi connectivity index (χ4v) is 4.08. The highest BCUT2D eigenvalue weighted by molar-refractivity contribution is 7.99. The van der Waals surface area contributed by atoms with Crippen LogP contribution in [0.15, 0.2) is 0 Å². The van der Waals surface area contributed by atoms with Gasteiger partial charge in [-0.25, -0.2) is 4.79 Å². The summed E-state index contributed by atoms with van der Waals surface area (Å²) in [7, 11) is 0. The Hall–Kier alpha value is -0.630. The van der Waals surface area contributed by atoms with E-state index >= 15 is 0 Å². The van der Waals surface area contributed by atoms with Crippen LogP contribution in [0.2, 0.25) is 0 Å². The Balaban J connectivity index is 1.67. The fraction of sp³-hybridized carbons (Fsp3) is 0.923. The van der Waals surface area contributed by atoms with Gasteiger partial charge in [-0.1, -0.05) is 0 Å². The molecule has 2 rings (SSSR count). The van der Waals surface area contributed by atoms with E-state index in [1.54, 1.807) is 11.8 Å². The molecule has 3 N–H and O–H groups in total. The Morgan fingerprint density at radius 3 is 2.48 bits per heavy atom. The summed E-state index contributed by atoms with van der Waals surface area (Å²) in [4.78, 5) is 11.7. The Morgan fingerprint density at radius 1 is 1.29 bits per heavy atom. The topological polar surface area (TPSA) is 61.4 Å². The average Bonchev–Trinajstić information content (AvgIpc) is 2.84. The first-order chi connectivity index (χ1) is 9.78. The van der Waals surface area contributed by atoms with Crippen molar-refractivity contribution >= 4 is 17.8 Å². The van der Waals surface area contributed by atoms with Gasteiger partial charge in [0.05, 0.1) is 11.5 Å². The third kappa shape index (κ3) is 4.95. The van der Waals surface area contributed by atoms with E-state index in [2.05, 4.69) is 10.6 Å². The molecule has 1 atom stereocenters. The molecule has 0 aromatic carbocycles. The van der Waals surface area contributed by atoms with Crippen molar-refractivity contribution in [3.05, 3.63) is 0 Å². The van der Waals surface area contributed by atoms with Crippen molar-refractivity contribution in [2.75, 3.05) is 18.1 Å². The zero-order chi connectivity index (χ0) is 15.5. The predicted molar refractivity (Wildman–Crippen MR) is 75.2 cm³/mol. The molecule has 2 aliphatic rings. The Morgan fingerprint density at radius 2 is 1.95 bits per heavy atom. The number of thioether (sulfide) groups is 1. The first kappa shape index (κ1) is 16.7. The zero-order valence-corrected chi connectivity index (χ0v) is 12.5. The minimum atomic E-state index is -4.13. The van der Waals surface area contributed by atoms with Gasteiger partial charge in [0, 0.05) is 18.3 Å². The SMILES string of the molecule is O=C(NCC1(O)CCSC1)NC1CCC(C(F)(F)F)CC1. The molecule has 1 saturated carbocycles. The summed E-state index contributed by atoms with van der Waals surface area (Å²) in [5.41, 5.74) is -0.851. The van der Waals surface area contributed by atoms with Gasteiger partial charge in [0.25, 0.3) is 0 Å². The quantitative estimate of drug-likeness (QED) is 0.746. The molecule has 0 spiro atoms. The number of alkyl halides is 3. The molecule has 1 aliphatic carbocycles. The van der Waals surface area contributed by atoms with Crippen LogP contribution in [0.1, 0.15) is 32.1 Å². The summed E-state index contributed by atoms with van der Waals surface area (Å²) in [6.45, 7) is 0.184. The predicted octanol–water partition coefficient (Wildman–Crippen LogP) is 2.27. The summed E-state index contributed by atoms with van der Waals surface area (Å²) in [6.07, 6.45) is -2.66. The minimum absolute atomic E-state index is 0.0645. The molecule has 0 aromatic heterocycles. The van der Waals surface area contributed by atoms with Crippen molar-refractivity contribution < 1.29 is 23.1 Å². The van der Waals surface area contributed by atoms with E-state index in [4.69, 9.17) is 0 Å². The number of urea groups is 1. The molecule has 1 unspecified atom stereocenters. The summed E-state index contributed by atoms with van der Waals surface area (Å²) in [5, 5.41) is 15.4. The Kier molecular flexibility index (Phi) is 5.29. The zero-order valence-electron chi connectivity index (χ0n) is 11.7. The largest absolute Gasteiger partial charge is 0.391 e. The van der Waals surface area contributed by atoms with Gasteiger partial charge in [-0.05, 0) is 37.9 Å². The lowest BCUT2D eigenvalue weighted by molar-refractivity contribution is -0.182. The highest BCUT2D eigenvalue weighted by atomic mass is 32.2. The molecule has 0 bridgehead atoms. The van der Waals surface area contributed by atoms with Crippen molar-refractivity contribution in [1.82, 2.24) is 10.6 Å². The number of carbonyl (C=O) groups excluding carboxylic acids is 1. The van der Waals surface area contributed by atoms with Gasteiger partial charge in [-0.3, -0.25) is 0 Å². The number of halogens is 3. The van der Waals surface area contributed by atoms with Crippen LogP contribution in [0, 0.1) is 5.92 Å². The lowest BCUT2D eigenvalue weighted by Crippen LogP contribution is -2.49. The molecular weight excluding hydrogens is 305 g/mol. The van der Waals surface area contributed by atoms with Crippen LogP contribution in [0.25, 0.3) is 0 Å². The van der Waals surface area contributed by atoms with Crippen LogP contribution in [-0.2, 0) is 0 Å². The number of amides is 2. The number of hydrogen-bond acceptors (Lipinski definition) is 3. The van der Waals surface area contributed by atoms with Crippen LogP contribution in [0.3, 0.4) is 0 Å². The van der Waals surface area contributed by atoms with Gasteiger partial charge in [0.15, 0.2) is 0 Å². The third-order valence-electron chi connectivity index (χ3n) is 4.19. The first-order valence-corrected chi connectivity index (χ1v) is 8.35. The van der Waals surface area contributed by atoms with E-state index in [0.717, 1.165) is 5.75 Å². The number of rotatable bonds is 3. The van der Waals surface area contributed by atoms with E-state index in [1.807, 2.05) is 0 Å². The van der Waals surface area contributed by atoms with Crippen LogP contribution in [0.4, 0.5) is 18.0 Å². The van der Waals surface area contributed by atoms with Crippen molar-refractivity contribution in [1.29, 1.82) is 0 Å². The molecule has 122 valence electrons. The van der Waals surface area contributed by atoms with Gasteiger partial charge in [0.1, 0.15) is 0 Å². The van der Waals surface area contributed by atoms with Crippen molar-refractivity contribution in [3.8, 4) is 0 Å². The lowest BCUT2D eigenvalue weighted by Gasteiger charge is -2.30. The molecular formula is C13H21F3N2O2S. The second-order valence-electron chi connectivity index (χ2n) is 5.94. The van der Waals surface area contributed by atoms with Crippen LogP contribution < -0.4 is 10.6 Å². The minimum Gasteiger partial charge on any atom is -0.387 e. The van der Waals surface area contributed by atoms with Crippen LogP contribution in [-0.4, -0.2) is 47.0 Å². The molecule has 0 aromatic rings. The summed E-state index contributed by atoms with van der Waals surface area (Å²) in [5.74, 6) is 0.237. The summed E-state index contributed by atoms with van der Waals surface area (Å²) in [6, 6.07) is -0.619. The highest BCUT2D eigenvalue weighted by Crippen LogP contribution is 2.37. The summed E-state index contributed by atoms with van der Waals surface area (Å²) < 4.78 is 37.6. The van der Waals surface area contributed by atoms with Gasteiger partial charge < -0.3 is 15.7 Å². The average molecular weight is 326 g/mol. The normalized spacial score (nSPS) is 33.7. The highest BCUT2D eigenvalue weighted by Gasteiger charge is 2.41. The van der Waals surface area contributed by atoms with Gasteiger partial charge in [0.2, 0.25) is 0 Å². The molecule has 2 fully saturated rings. The maximum Gasteiger partial charge on any atom is 0.391 e. The van der Waals surface area contributed by atoms with Crippen molar-refractivity contribution in [2.45, 2.75) is 49.9 Å². The second kappa shape index (κ2) is 6.64. The van der Waals surface area contributed by atoms with Crippen LogP contribution >= 0.6 is 11.8 Å². The molecule has 1 heterocycles. The van der Waals surface area contributed by atoms with Crippen molar-refractivity contribution in [3.63, 3.8) is 0 Å². The number of aliphatic hydroxyl groups is 1. The van der Waals surface area contributed by atoms with E-state index in [1.165, 1.54) is 0 Å². The van der Waals surface area contributed by atoms with E-state index < -0.39 is 23.7 Å². The monoisotopic (exact) mass is 326 g/mol. The molecule has 0 radical (unpaired) electrons. The summed E-state index contributed by atoms with van der Waals surface area (Å²) >= 11 is 1.64. The molecule has 4 nitrogen and oxygen atoms in total. The van der Waals surface area contributed by atoms with E-state index in [9.17, 15) is 23.1 Å². The van der Waals surface area contributed by atoms with Gasteiger partial charge in [-0.15, -0.1) is 0 Å². The molecule has 2 amide bonds. The molecule has 8 heteroatoms. The second-order valence-corrected chi connectivity index (χ2v) is 7.05. The van der Waals surface area contributed by atoms with E-state index in [-0.39, 0.29) is 25.4 Å². The van der Waals surface area contributed by atoms with Gasteiger partial charge >= 0.3 is 12.2 Å². The molecule has 1 aliphatic heterocycles. The smallest absolute Gasteiger partial charge is 0.387 e. The Labute approximate surface area is 126 Å². The van der Waals surface area contributed by atoms with Gasteiger partial charge in [-0.2, -0.15) is 24.9 Å². The standard InChI is InChI=1S/C13H21F3N2O2S/c14-13(15,16)9-1-3-10(4-2-9)18-11(19)17-7-12(20)5-6-21-8-12/h9-10,20H,1-8H2,(H2,17,18,19). The maximum atomic E-state index is 12.5. The third-order valence-corrected chi connectivity index (χ3v) is 5.42. The molecule has 21 heavy (non-hydrogen) atoms. The fourth-order valence-electron chi connectivity index (χ4n) is 2.78. The lowest BCUT2D eigenvalue weighted by atomic mass is 9.86. The Bertz CT molecular complexity index is 365. The number of carbonyl (C=O) groups is 1. The van der Waals surface area contributed by atoms with Crippen LogP contribution in [0.5, 0.6) is 0 Å². The molecule has 1 saturated heterocycles. The number of nitrogens with one attached hydrogen (secondary N) is 2. The van der Waals surface area contributed by atoms with E-state index in [0.29, 0.717) is 25.0 Å².